The summed E-state index contributed by atoms with van der Waals surface area (Å²) in [6, 6.07) is 6.44. The molecule has 1 aliphatic rings. The highest BCUT2D eigenvalue weighted by Gasteiger charge is 2.52. The van der Waals surface area contributed by atoms with Gasteiger partial charge < -0.3 is 15.2 Å². The molecule has 1 fully saturated rings. The predicted octanol–water partition coefficient (Wildman–Crippen LogP) is 1.90. The van der Waals surface area contributed by atoms with E-state index in [1.807, 2.05) is 0 Å². The first-order valence-corrected chi connectivity index (χ1v) is 6.71. The molecule has 1 atom stereocenters. The Balaban J connectivity index is 1.96. The van der Waals surface area contributed by atoms with Gasteiger partial charge in [-0.2, -0.15) is 0 Å². The number of hydrogen-bond acceptors (Lipinski definition) is 4. The zero-order valence-electron chi connectivity index (χ0n) is 10.5. The summed E-state index contributed by atoms with van der Waals surface area (Å²) >= 11 is 11.7. The minimum absolute atomic E-state index is 0.0477. The number of benzene rings is 1. The second-order valence-corrected chi connectivity index (χ2v) is 6.05. The molecule has 108 valence electrons. The Morgan fingerprint density at radius 2 is 2.00 bits per heavy atom. The fraction of sp³-hybridized carbons (Fsp3) is 0.385. The Hall–Kier alpha value is -1.46. The topological polar surface area (TPSA) is 78.6 Å². The third-order valence-corrected chi connectivity index (χ3v) is 3.77. The highest BCUT2D eigenvalue weighted by Crippen LogP contribution is 2.53. The highest BCUT2D eigenvalue weighted by atomic mass is 35.5. The maximum Gasteiger partial charge on any atom is 0.341 e. The summed E-state index contributed by atoms with van der Waals surface area (Å²) in [5.41, 5.74) is 5.22. The van der Waals surface area contributed by atoms with E-state index in [-0.39, 0.29) is 30.4 Å². The second-order valence-electron chi connectivity index (χ2n) is 4.51. The summed E-state index contributed by atoms with van der Waals surface area (Å²) < 4.78 is 9.50. The van der Waals surface area contributed by atoms with Gasteiger partial charge in [-0.25, -0.2) is 4.79 Å². The van der Waals surface area contributed by atoms with Gasteiger partial charge in [0.05, 0.1) is 6.61 Å². The number of para-hydroxylation sites is 1. The quantitative estimate of drug-likeness (QED) is 0.642. The molecule has 0 heterocycles. The van der Waals surface area contributed by atoms with Gasteiger partial charge in [0.25, 0.3) is 5.91 Å². The van der Waals surface area contributed by atoms with Crippen molar-refractivity contribution in [1.29, 1.82) is 0 Å². The summed E-state index contributed by atoms with van der Waals surface area (Å²) in [5, 5.41) is 0. The fourth-order valence-electron chi connectivity index (χ4n) is 1.61. The van der Waals surface area contributed by atoms with E-state index in [1.165, 1.54) is 0 Å². The van der Waals surface area contributed by atoms with Gasteiger partial charge in [0, 0.05) is 5.92 Å². The molecule has 0 spiro atoms. The molecule has 0 radical (unpaired) electrons. The van der Waals surface area contributed by atoms with E-state index < -0.39 is 16.2 Å². The van der Waals surface area contributed by atoms with Crippen molar-refractivity contribution in [2.24, 2.45) is 11.7 Å². The average Bonchev–Trinajstić information content (AvgIpc) is 3.01. The lowest BCUT2D eigenvalue weighted by molar-refractivity contribution is -0.119. The first-order valence-electron chi connectivity index (χ1n) is 5.95. The number of rotatable bonds is 6. The van der Waals surface area contributed by atoms with E-state index in [0.717, 1.165) is 0 Å². The van der Waals surface area contributed by atoms with Crippen molar-refractivity contribution in [1.82, 2.24) is 0 Å². The highest BCUT2D eigenvalue weighted by molar-refractivity contribution is 6.50. The van der Waals surface area contributed by atoms with Crippen LogP contribution >= 0.6 is 23.2 Å². The molecule has 1 aliphatic carbocycles. The normalized spacial score (nSPS) is 19.2. The Morgan fingerprint density at radius 1 is 1.35 bits per heavy atom. The predicted molar refractivity (Wildman–Crippen MR) is 74.0 cm³/mol. The van der Waals surface area contributed by atoms with Gasteiger partial charge in [-0.15, -0.1) is 23.2 Å². The van der Waals surface area contributed by atoms with E-state index in [2.05, 4.69) is 0 Å². The lowest BCUT2D eigenvalue weighted by atomic mass is 10.2. The first kappa shape index (κ1) is 14.9. The molecule has 1 amide bonds. The molecule has 0 aromatic heterocycles. The van der Waals surface area contributed by atoms with Gasteiger partial charge in [0.15, 0.2) is 6.61 Å². The number of amides is 1. The molecule has 0 aliphatic heterocycles. The standard InChI is InChI=1S/C13H13Cl2NO4/c14-13(15)5-8(13)6-20-12(18)9-3-1-2-4-10(9)19-7-11(16)17/h1-4,8H,5-7H2,(H2,16,17). The summed E-state index contributed by atoms with van der Waals surface area (Å²) in [6.07, 6.45) is 0.600. The number of alkyl halides is 2. The average molecular weight is 318 g/mol. The number of primary amides is 1. The fourth-order valence-corrected chi connectivity index (χ4v) is 2.11. The molecular weight excluding hydrogens is 305 g/mol. The van der Waals surface area contributed by atoms with E-state index in [4.69, 9.17) is 38.4 Å². The van der Waals surface area contributed by atoms with Crippen LogP contribution in [0.3, 0.4) is 0 Å². The van der Waals surface area contributed by atoms with Gasteiger partial charge >= 0.3 is 5.97 Å². The van der Waals surface area contributed by atoms with Crippen molar-refractivity contribution in [2.75, 3.05) is 13.2 Å². The van der Waals surface area contributed by atoms with Crippen LogP contribution in [0.5, 0.6) is 5.75 Å². The third kappa shape index (κ3) is 3.77. The largest absolute Gasteiger partial charge is 0.483 e. The minimum Gasteiger partial charge on any atom is -0.483 e. The summed E-state index contributed by atoms with van der Waals surface area (Å²) in [4.78, 5) is 22.6. The van der Waals surface area contributed by atoms with E-state index in [9.17, 15) is 9.59 Å². The molecule has 0 bridgehead atoms. The van der Waals surface area contributed by atoms with Crippen LogP contribution in [0, 0.1) is 5.92 Å². The van der Waals surface area contributed by atoms with Gasteiger partial charge in [-0.05, 0) is 18.6 Å². The summed E-state index contributed by atoms with van der Waals surface area (Å²) in [5.74, 6) is -0.982. The SMILES string of the molecule is NC(=O)COc1ccccc1C(=O)OCC1CC1(Cl)Cl. The molecule has 7 heteroatoms. The van der Waals surface area contributed by atoms with Crippen LogP contribution in [0.1, 0.15) is 16.8 Å². The Morgan fingerprint density at radius 3 is 2.60 bits per heavy atom. The monoisotopic (exact) mass is 317 g/mol. The van der Waals surface area contributed by atoms with Crippen LogP contribution in [0.2, 0.25) is 0 Å². The number of carbonyl (C=O) groups is 2. The number of carbonyl (C=O) groups excluding carboxylic acids is 2. The van der Waals surface area contributed by atoms with Crippen LogP contribution in [0.25, 0.3) is 0 Å². The maximum atomic E-state index is 11.9. The summed E-state index contributed by atoms with van der Waals surface area (Å²) in [6.45, 7) is -0.157. The maximum absolute atomic E-state index is 11.9. The number of nitrogens with two attached hydrogens (primary N) is 1. The van der Waals surface area contributed by atoms with Crippen LogP contribution in [0.15, 0.2) is 24.3 Å². The number of hydrogen-bond donors (Lipinski definition) is 1. The van der Waals surface area contributed by atoms with Crippen LogP contribution in [-0.4, -0.2) is 29.4 Å². The molecule has 1 saturated carbocycles. The lowest BCUT2D eigenvalue weighted by Gasteiger charge is -2.10. The molecule has 2 N–H and O–H groups in total. The number of halogens is 2. The smallest absolute Gasteiger partial charge is 0.341 e. The molecule has 5 nitrogen and oxygen atoms in total. The van der Waals surface area contributed by atoms with Crippen molar-refractivity contribution >= 4 is 35.1 Å². The Bertz CT molecular complexity index is 533. The molecule has 1 unspecified atom stereocenters. The first-order chi connectivity index (χ1) is 9.40. The zero-order valence-corrected chi connectivity index (χ0v) is 12.0. The molecule has 1 aromatic rings. The third-order valence-electron chi connectivity index (χ3n) is 2.85. The van der Waals surface area contributed by atoms with E-state index >= 15 is 0 Å². The molecule has 20 heavy (non-hydrogen) atoms. The van der Waals surface area contributed by atoms with Crippen molar-refractivity contribution in [3.05, 3.63) is 29.8 Å². The van der Waals surface area contributed by atoms with E-state index in [1.54, 1.807) is 24.3 Å². The summed E-state index contributed by atoms with van der Waals surface area (Å²) in [7, 11) is 0. The number of ether oxygens (including phenoxy) is 2. The molecule has 2 rings (SSSR count). The van der Waals surface area contributed by atoms with Crippen LogP contribution in [-0.2, 0) is 9.53 Å². The number of esters is 1. The Kier molecular flexibility index (Phi) is 4.40. The van der Waals surface area contributed by atoms with Crippen molar-refractivity contribution in [2.45, 2.75) is 10.8 Å². The molecule has 1 aromatic carbocycles. The lowest BCUT2D eigenvalue weighted by Crippen LogP contribution is -2.21. The Labute approximate surface area is 125 Å². The zero-order chi connectivity index (χ0) is 14.8. The van der Waals surface area contributed by atoms with E-state index in [0.29, 0.717) is 6.42 Å². The second kappa shape index (κ2) is 5.89. The van der Waals surface area contributed by atoms with Gasteiger partial charge in [0.1, 0.15) is 15.6 Å². The minimum atomic E-state index is -0.789. The van der Waals surface area contributed by atoms with Crippen LogP contribution < -0.4 is 10.5 Å². The van der Waals surface area contributed by atoms with Crippen molar-refractivity contribution in [3.8, 4) is 5.75 Å². The van der Waals surface area contributed by atoms with Gasteiger partial charge in [-0.1, -0.05) is 12.1 Å². The van der Waals surface area contributed by atoms with Crippen molar-refractivity contribution < 1.29 is 19.1 Å². The van der Waals surface area contributed by atoms with Crippen molar-refractivity contribution in [3.63, 3.8) is 0 Å². The van der Waals surface area contributed by atoms with Crippen LogP contribution in [0.4, 0.5) is 0 Å². The molecular formula is C13H13Cl2NO4. The molecule has 0 saturated heterocycles. The van der Waals surface area contributed by atoms with Gasteiger partial charge in [-0.3, -0.25) is 4.79 Å². The van der Waals surface area contributed by atoms with Gasteiger partial charge in [0.2, 0.25) is 0 Å².